The molecule has 0 bridgehead atoms. The molecule has 5 heteroatoms. The van der Waals surface area contributed by atoms with Gasteiger partial charge in [0, 0.05) is 11.8 Å². The van der Waals surface area contributed by atoms with Crippen LogP contribution in [0.5, 0.6) is 11.5 Å². The lowest BCUT2D eigenvalue weighted by atomic mass is 10.1. The van der Waals surface area contributed by atoms with E-state index >= 15 is 0 Å². The van der Waals surface area contributed by atoms with Crippen LogP contribution in [0, 0.1) is 0 Å². The number of anilines is 1. The molecule has 3 aromatic carbocycles. The van der Waals surface area contributed by atoms with Crippen molar-refractivity contribution < 1.29 is 9.84 Å². The highest BCUT2D eigenvalue weighted by molar-refractivity contribution is 5.92. The fourth-order valence-electron chi connectivity index (χ4n) is 2.49. The second-order valence-corrected chi connectivity index (χ2v) is 5.70. The van der Waals surface area contributed by atoms with Crippen LogP contribution in [0.4, 0.5) is 5.69 Å². The Kier molecular flexibility index (Phi) is 5.85. The minimum absolute atomic E-state index is 0.0160. The zero-order valence-electron chi connectivity index (χ0n) is 14.3. The molecule has 0 aromatic heterocycles. The van der Waals surface area contributed by atoms with Crippen LogP contribution in [0.1, 0.15) is 11.1 Å². The summed E-state index contributed by atoms with van der Waals surface area (Å²) in [7, 11) is 0. The van der Waals surface area contributed by atoms with E-state index < -0.39 is 0 Å². The van der Waals surface area contributed by atoms with Crippen molar-refractivity contribution in [3.05, 3.63) is 90.0 Å². The number of nitrogens with one attached hydrogen (secondary N) is 1. The number of aliphatic hydroxyl groups excluding tert-OH is 1. The SMILES string of the molecule is NC(=NCc1ccccc1CO)Nc1cccc(Oc2ccccc2)c1. The Morgan fingerprint density at radius 3 is 2.35 bits per heavy atom. The monoisotopic (exact) mass is 347 g/mol. The van der Waals surface area contributed by atoms with Crippen LogP contribution in [0.2, 0.25) is 0 Å². The predicted molar refractivity (Wildman–Crippen MR) is 104 cm³/mol. The lowest BCUT2D eigenvalue weighted by molar-refractivity contribution is 0.280. The van der Waals surface area contributed by atoms with Gasteiger partial charge in [-0.3, -0.25) is 0 Å². The van der Waals surface area contributed by atoms with E-state index in [1.165, 1.54) is 0 Å². The molecule has 3 aromatic rings. The summed E-state index contributed by atoms with van der Waals surface area (Å²) in [6.07, 6.45) is 0. The van der Waals surface area contributed by atoms with Crippen molar-refractivity contribution in [1.29, 1.82) is 0 Å². The van der Waals surface area contributed by atoms with Crippen LogP contribution >= 0.6 is 0 Å². The molecule has 0 aliphatic carbocycles. The summed E-state index contributed by atoms with van der Waals surface area (Å²) in [5, 5.41) is 12.4. The first kappa shape index (κ1) is 17.5. The lowest BCUT2D eigenvalue weighted by Gasteiger charge is -2.10. The quantitative estimate of drug-likeness (QED) is 0.467. The van der Waals surface area contributed by atoms with Gasteiger partial charge in [0.05, 0.1) is 13.2 Å². The van der Waals surface area contributed by atoms with Crippen molar-refractivity contribution >= 4 is 11.6 Å². The molecule has 132 valence electrons. The molecule has 0 spiro atoms. The molecule has 3 rings (SSSR count). The number of hydrogen-bond donors (Lipinski definition) is 3. The molecule has 0 atom stereocenters. The summed E-state index contributed by atoms with van der Waals surface area (Å²) in [5.41, 5.74) is 8.57. The molecular weight excluding hydrogens is 326 g/mol. The number of guanidine groups is 1. The van der Waals surface area contributed by atoms with Gasteiger partial charge in [0.25, 0.3) is 0 Å². The van der Waals surface area contributed by atoms with Crippen LogP contribution in [0.25, 0.3) is 0 Å². The summed E-state index contributed by atoms with van der Waals surface area (Å²) in [6, 6.07) is 24.7. The van der Waals surface area contributed by atoms with Gasteiger partial charge in [-0.1, -0.05) is 48.5 Å². The highest BCUT2D eigenvalue weighted by Gasteiger charge is 2.02. The van der Waals surface area contributed by atoms with Gasteiger partial charge in [0.15, 0.2) is 5.96 Å². The number of rotatable bonds is 6. The first-order chi connectivity index (χ1) is 12.7. The largest absolute Gasteiger partial charge is 0.457 e. The Balaban J connectivity index is 1.65. The molecule has 5 nitrogen and oxygen atoms in total. The molecule has 0 amide bonds. The maximum absolute atomic E-state index is 9.36. The normalized spacial score (nSPS) is 11.2. The first-order valence-electron chi connectivity index (χ1n) is 8.32. The van der Waals surface area contributed by atoms with E-state index in [1.807, 2.05) is 78.9 Å². The third-order valence-electron chi connectivity index (χ3n) is 3.79. The van der Waals surface area contributed by atoms with Crippen LogP contribution in [0.3, 0.4) is 0 Å². The number of hydrogen-bond acceptors (Lipinski definition) is 3. The molecule has 0 saturated heterocycles. The van der Waals surface area contributed by atoms with Crippen molar-refractivity contribution in [1.82, 2.24) is 0 Å². The molecule has 0 unspecified atom stereocenters. The van der Waals surface area contributed by atoms with Crippen LogP contribution in [0.15, 0.2) is 83.9 Å². The average molecular weight is 347 g/mol. The molecule has 0 heterocycles. The zero-order chi connectivity index (χ0) is 18.2. The van der Waals surface area contributed by atoms with Crippen molar-refractivity contribution in [3.63, 3.8) is 0 Å². The molecule has 26 heavy (non-hydrogen) atoms. The fourth-order valence-corrected chi connectivity index (χ4v) is 2.49. The Morgan fingerprint density at radius 1 is 0.885 bits per heavy atom. The topological polar surface area (TPSA) is 79.9 Å². The standard InChI is InChI=1S/C21H21N3O2/c22-21(23-14-16-7-4-5-8-17(16)15-25)24-18-9-6-12-20(13-18)26-19-10-2-1-3-11-19/h1-13,25H,14-15H2,(H3,22,23,24). The van der Waals surface area contributed by atoms with E-state index in [4.69, 9.17) is 10.5 Å². The number of aliphatic hydroxyl groups is 1. The molecule has 0 radical (unpaired) electrons. The molecule has 0 fully saturated rings. The summed E-state index contributed by atoms with van der Waals surface area (Å²) < 4.78 is 5.81. The number of aliphatic imine (C=N–C) groups is 1. The summed E-state index contributed by atoms with van der Waals surface area (Å²) >= 11 is 0. The van der Waals surface area contributed by atoms with Gasteiger partial charge >= 0.3 is 0 Å². The molecule has 0 aliphatic heterocycles. The molecule has 0 saturated carbocycles. The molecule has 4 N–H and O–H groups in total. The van der Waals surface area contributed by atoms with Crippen molar-refractivity contribution in [2.75, 3.05) is 5.32 Å². The van der Waals surface area contributed by atoms with Crippen molar-refractivity contribution in [2.24, 2.45) is 10.7 Å². The van der Waals surface area contributed by atoms with Crippen molar-refractivity contribution in [2.45, 2.75) is 13.2 Å². The molecular formula is C21H21N3O2. The van der Waals surface area contributed by atoms with E-state index in [0.717, 1.165) is 22.6 Å². The Bertz CT molecular complexity index is 879. The van der Waals surface area contributed by atoms with Crippen LogP contribution < -0.4 is 15.8 Å². The highest BCUT2D eigenvalue weighted by atomic mass is 16.5. The zero-order valence-corrected chi connectivity index (χ0v) is 14.3. The summed E-state index contributed by atoms with van der Waals surface area (Å²) in [6.45, 7) is 0.383. The number of ether oxygens (including phenoxy) is 1. The lowest BCUT2D eigenvalue weighted by Crippen LogP contribution is -2.22. The first-order valence-corrected chi connectivity index (χ1v) is 8.32. The minimum Gasteiger partial charge on any atom is -0.457 e. The van der Waals surface area contributed by atoms with Crippen LogP contribution in [-0.2, 0) is 13.2 Å². The summed E-state index contributed by atoms with van der Waals surface area (Å²) in [4.78, 5) is 4.34. The predicted octanol–water partition coefficient (Wildman–Crippen LogP) is 3.90. The van der Waals surface area contributed by atoms with E-state index in [2.05, 4.69) is 10.3 Å². The number of benzene rings is 3. The third kappa shape index (κ3) is 4.84. The Labute approximate surface area is 152 Å². The minimum atomic E-state index is -0.0160. The van der Waals surface area contributed by atoms with Gasteiger partial charge in [-0.2, -0.15) is 0 Å². The second-order valence-electron chi connectivity index (χ2n) is 5.70. The Morgan fingerprint density at radius 2 is 1.58 bits per heavy atom. The Hall–Kier alpha value is -3.31. The van der Waals surface area contributed by atoms with Crippen molar-refractivity contribution in [3.8, 4) is 11.5 Å². The van der Waals surface area contributed by atoms with Gasteiger partial charge in [0.2, 0.25) is 0 Å². The van der Waals surface area contributed by atoms with Gasteiger partial charge < -0.3 is 20.9 Å². The van der Waals surface area contributed by atoms with Gasteiger partial charge in [-0.05, 0) is 35.4 Å². The fraction of sp³-hybridized carbons (Fsp3) is 0.0952. The smallest absolute Gasteiger partial charge is 0.193 e. The van der Waals surface area contributed by atoms with E-state index in [1.54, 1.807) is 0 Å². The number of para-hydroxylation sites is 1. The van der Waals surface area contributed by atoms with E-state index in [9.17, 15) is 5.11 Å². The van der Waals surface area contributed by atoms with Gasteiger partial charge in [0.1, 0.15) is 11.5 Å². The van der Waals surface area contributed by atoms with Gasteiger partial charge in [-0.25, -0.2) is 4.99 Å². The molecule has 0 aliphatic rings. The third-order valence-corrected chi connectivity index (χ3v) is 3.79. The van der Waals surface area contributed by atoms with Gasteiger partial charge in [-0.15, -0.1) is 0 Å². The summed E-state index contributed by atoms with van der Waals surface area (Å²) in [5.74, 6) is 1.78. The number of nitrogens with zero attached hydrogens (tertiary/aromatic N) is 1. The maximum Gasteiger partial charge on any atom is 0.193 e. The second kappa shape index (κ2) is 8.69. The van der Waals surface area contributed by atoms with E-state index in [0.29, 0.717) is 18.3 Å². The average Bonchev–Trinajstić information content (AvgIpc) is 2.67. The van der Waals surface area contributed by atoms with E-state index in [-0.39, 0.29) is 6.61 Å². The highest BCUT2D eigenvalue weighted by Crippen LogP contribution is 2.23. The number of nitrogens with two attached hydrogens (primary N) is 1. The van der Waals surface area contributed by atoms with Crippen LogP contribution in [-0.4, -0.2) is 11.1 Å². The maximum atomic E-state index is 9.36.